The zero-order chi connectivity index (χ0) is 14.5. The Kier molecular flexibility index (Phi) is 2.87. The fraction of sp³-hybridized carbons (Fsp3) is 0.412. The van der Waals surface area contributed by atoms with Crippen LogP contribution < -0.4 is 4.74 Å². The molecular weight excluding hydrogens is 264 g/mol. The van der Waals surface area contributed by atoms with E-state index in [2.05, 4.69) is 32.6 Å². The highest BCUT2D eigenvalue weighted by atomic mass is 28.3. The van der Waals surface area contributed by atoms with Gasteiger partial charge in [0, 0.05) is 25.4 Å². The molecule has 0 spiro atoms. The lowest BCUT2D eigenvalue weighted by atomic mass is 9.98. The molecule has 1 unspecified atom stereocenters. The molecular formula is C17H22O2Si. The van der Waals surface area contributed by atoms with Crippen LogP contribution in [0.25, 0.3) is 10.8 Å². The summed E-state index contributed by atoms with van der Waals surface area (Å²) in [6.45, 7) is 9.26. The number of fused-ring (bicyclic) bond motifs is 2. The van der Waals surface area contributed by atoms with Gasteiger partial charge in [-0.2, -0.15) is 0 Å². The molecule has 1 N–H and O–H groups in total. The number of hydrogen-bond acceptors (Lipinski definition) is 2. The lowest BCUT2D eigenvalue weighted by Crippen LogP contribution is -2.39. The Morgan fingerprint density at radius 3 is 2.65 bits per heavy atom. The molecule has 0 saturated carbocycles. The minimum atomic E-state index is -1.22. The molecule has 3 heteroatoms. The topological polar surface area (TPSA) is 29.5 Å². The first-order valence-corrected chi connectivity index (χ1v) is 10.9. The van der Waals surface area contributed by atoms with Gasteiger partial charge in [0.1, 0.15) is 5.60 Å². The largest absolute Gasteiger partial charge is 0.504 e. The minimum Gasteiger partial charge on any atom is -0.504 e. The molecule has 106 valence electrons. The standard InChI is InChI=1S/C17H22O2Si/c1-17(11-20(2,3)4)10-13-9-12-7-5-6-8-14(12)15(18)16(13)19-17/h5-9,18H,10-11H2,1-4H3. The van der Waals surface area contributed by atoms with Gasteiger partial charge in [0.25, 0.3) is 0 Å². The Balaban J connectivity index is 2.05. The van der Waals surface area contributed by atoms with Gasteiger partial charge in [-0.1, -0.05) is 43.9 Å². The van der Waals surface area contributed by atoms with Crippen LogP contribution in [0.4, 0.5) is 0 Å². The van der Waals surface area contributed by atoms with Gasteiger partial charge in [-0.05, 0) is 24.4 Å². The number of phenols is 1. The van der Waals surface area contributed by atoms with Gasteiger partial charge in [-0.25, -0.2) is 0 Å². The summed E-state index contributed by atoms with van der Waals surface area (Å²) in [5.41, 5.74) is 0.976. The van der Waals surface area contributed by atoms with Crippen LogP contribution in [0.5, 0.6) is 11.5 Å². The maximum Gasteiger partial charge on any atom is 0.166 e. The summed E-state index contributed by atoms with van der Waals surface area (Å²) in [6.07, 6.45) is 0.894. The first kappa shape index (κ1) is 13.5. The second-order valence-electron chi connectivity index (χ2n) is 7.40. The number of ether oxygens (including phenoxy) is 1. The molecule has 2 nitrogen and oxygen atoms in total. The lowest BCUT2D eigenvalue weighted by Gasteiger charge is -2.30. The molecule has 1 aliphatic heterocycles. The average molecular weight is 286 g/mol. The van der Waals surface area contributed by atoms with Crippen LogP contribution >= 0.6 is 0 Å². The average Bonchev–Trinajstić information content (AvgIpc) is 2.63. The van der Waals surface area contributed by atoms with E-state index < -0.39 is 8.07 Å². The zero-order valence-electron chi connectivity index (χ0n) is 12.7. The van der Waals surface area contributed by atoms with E-state index in [0.717, 1.165) is 28.8 Å². The third-order valence-electron chi connectivity index (χ3n) is 3.87. The van der Waals surface area contributed by atoms with Crippen LogP contribution in [0.15, 0.2) is 30.3 Å². The van der Waals surface area contributed by atoms with Crippen LogP contribution in [0, 0.1) is 0 Å². The Morgan fingerprint density at radius 2 is 1.95 bits per heavy atom. The Labute approximate surface area is 121 Å². The van der Waals surface area contributed by atoms with E-state index in [1.54, 1.807) is 0 Å². The molecule has 0 amide bonds. The van der Waals surface area contributed by atoms with Crippen molar-refractivity contribution in [3.05, 3.63) is 35.9 Å². The number of hydrogen-bond donors (Lipinski definition) is 1. The Hall–Kier alpha value is -1.48. The van der Waals surface area contributed by atoms with Crippen molar-refractivity contribution in [1.29, 1.82) is 0 Å². The summed E-state index contributed by atoms with van der Waals surface area (Å²) in [5, 5.41) is 12.5. The third-order valence-corrected chi connectivity index (χ3v) is 5.68. The number of rotatable bonds is 2. The van der Waals surface area contributed by atoms with E-state index in [4.69, 9.17) is 4.74 Å². The van der Waals surface area contributed by atoms with Crippen molar-refractivity contribution in [3.8, 4) is 11.5 Å². The van der Waals surface area contributed by atoms with Crippen LogP contribution in [0.1, 0.15) is 12.5 Å². The van der Waals surface area contributed by atoms with Crippen molar-refractivity contribution in [2.75, 3.05) is 0 Å². The maximum absolute atomic E-state index is 10.5. The van der Waals surface area contributed by atoms with Gasteiger partial charge < -0.3 is 9.84 Å². The predicted molar refractivity (Wildman–Crippen MR) is 86.5 cm³/mol. The normalized spacial score (nSPS) is 21.8. The minimum absolute atomic E-state index is 0.165. The summed E-state index contributed by atoms with van der Waals surface area (Å²) < 4.78 is 6.19. The first-order chi connectivity index (χ1) is 9.27. The van der Waals surface area contributed by atoms with Gasteiger partial charge in [-0.15, -0.1) is 0 Å². The van der Waals surface area contributed by atoms with Crippen molar-refractivity contribution >= 4 is 18.8 Å². The van der Waals surface area contributed by atoms with Crippen LogP contribution in [-0.4, -0.2) is 18.8 Å². The van der Waals surface area contributed by atoms with Gasteiger partial charge in [-0.3, -0.25) is 0 Å². The Bertz CT molecular complexity index is 672. The molecule has 0 aliphatic carbocycles. The third kappa shape index (κ3) is 2.31. The molecule has 20 heavy (non-hydrogen) atoms. The molecule has 0 aromatic heterocycles. The van der Waals surface area contributed by atoms with Crippen molar-refractivity contribution in [2.24, 2.45) is 0 Å². The number of phenolic OH excluding ortho intramolecular Hbond substituents is 1. The van der Waals surface area contributed by atoms with E-state index >= 15 is 0 Å². The fourth-order valence-corrected chi connectivity index (χ4v) is 5.96. The van der Waals surface area contributed by atoms with E-state index in [-0.39, 0.29) is 5.60 Å². The molecule has 1 heterocycles. The zero-order valence-corrected chi connectivity index (χ0v) is 13.7. The summed E-state index contributed by atoms with van der Waals surface area (Å²) in [7, 11) is -1.22. The summed E-state index contributed by atoms with van der Waals surface area (Å²) in [6, 6.07) is 11.2. The molecule has 3 rings (SSSR count). The molecule has 2 aromatic rings. The number of aromatic hydroxyl groups is 1. The highest BCUT2D eigenvalue weighted by Crippen LogP contribution is 2.47. The van der Waals surface area contributed by atoms with Gasteiger partial charge in [0.15, 0.2) is 11.5 Å². The highest BCUT2D eigenvalue weighted by molar-refractivity contribution is 6.76. The number of benzene rings is 2. The fourth-order valence-electron chi connectivity index (χ4n) is 3.52. The highest BCUT2D eigenvalue weighted by Gasteiger charge is 2.40. The van der Waals surface area contributed by atoms with E-state index in [1.165, 1.54) is 0 Å². The monoisotopic (exact) mass is 286 g/mol. The molecule has 1 atom stereocenters. The first-order valence-electron chi connectivity index (χ1n) is 7.20. The van der Waals surface area contributed by atoms with Crippen LogP contribution in [0.2, 0.25) is 25.7 Å². The van der Waals surface area contributed by atoms with Gasteiger partial charge in [0.2, 0.25) is 0 Å². The summed E-state index contributed by atoms with van der Waals surface area (Å²) in [5.74, 6) is 1.00. The van der Waals surface area contributed by atoms with Crippen molar-refractivity contribution in [3.63, 3.8) is 0 Å². The molecule has 2 aromatic carbocycles. The molecule has 0 bridgehead atoms. The molecule has 0 fully saturated rings. The van der Waals surface area contributed by atoms with Crippen LogP contribution in [0.3, 0.4) is 0 Å². The van der Waals surface area contributed by atoms with E-state index in [0.29, 0.717) is 11.5 Å². The second-order valence-corrected chi connectivity index (χ2v) is 12.9. The molecule has 0 radical (unpaired) electrons. The lowest BCUT2D eigenvalue weighted by molar-refractivity contribution is 0.133. The SMILES string of the molecule is CC1(C[Si](C)(C)C)Cc2cc3ccccc3c(O)c2O1. The summed E-state index contributed by atoms with van der Waals surface area (Å²) >= 11 is 0. The quantitative estimate of drug-likeness (QED) is 0.819. The maximum atomic E-state index is 10.5. The van der Waals surface area contributed by atoms with Gasteiger partial charge >= 0.3 is 0 Å². The van der Waals surface area contributed by atoms with Crippen LogP contribution in [-0.2, 0) is 6.42 Å². The van der Waals surface area contributed by atoms with Crippen molar-refractivity contribution in [2.45, 2.75) is 44.6 Å². The summed E-state index contributed by atoms with van der Waals surface area (Å²) in [4.78, 5) is 0. The van der Waals surface area contributed by atoms with E-state index in [9.17, 15) is 5.11 Å². The van der Waals surface area contributed by atoms with Crippen molar-refractivity contribution < 1.29 is 9.84 Å². The Morgan fingerprint density at radius 1 is 1.25 bits per heavy atom. The predicted octanol–water partition coefficient (Wildman–Crippen LogP) is 4.58. The molecule has 1 aliphatic rings. The van der Waals surface area contributed by atoms with Crippen molar-refractivity contribution in [1.82, 2.24) is 0 Å². The smallest absolute Gasteiger partial charge is 0.166 e. The van der Waals surface area contributed by atoms with E-state index in [1.807, 2.05) is 24.3 Å². The second kappa shape index (κ2) is 4.25. The molecule has 0 saturated heterocycles. The van der Waals surface area contributed by atoms with Gasteiger partial charge in [0.05, 0.1) is 0 Å².